The predicted molar refractivity (Wildman–Crippen MR) is 136 cm³/mol. The van der Waals surface area contributed by atoms with Crippen molar-refractivity contribution in [2.45, 2.75) is 39.2 Å². The molecule has 0 aliphatic heterocycles. The van der Waals surface area contributed by atoms with Gasteiger partial charge in [0.25, 0.3) is 0 Å². The number of anilines is 1. The minimum atomic E-state index is -0.289. The van der Waals surface area contributed by atoms with E-state index >= 15 is 0 Å². The quantitative estimate of drug-likeness (QED) is 0.295. The fourth-order valence-corrected chi connectivity index (χ4v) is 4.65. The molecule has 5 aromatic rings. The van der Waals surface area contributed by atoms with E-state index in [9.17, 15) is 4.39 Å². The summed E-state index contributed by atoms with van der Waals surface area (Å²) in [6.45, 7) is 4.14. The maximum Gasteiger partial charge on any atom is 0.164 e. The van der Waals surface area contributed by atoms with Crippen LogP contribution < -0.4 is 5.73 Å². The summed E-state index contributed by atoms with van der Waals surface area (Å²) >= 11 is 5.97. The molecule has 172 valence electrons. The van der Waals surface area contributed by atoms with Crippen molar-refractivity contribution >= 4 is 39.2 Å². The highest BCUT2D eigenvalue weighted by atomic mass is 35.5. The number of hydrogen-bond acceptors (Lipinski definition) is 4. The van der Waals surface area contributed by atoms with Gasteiger partial charge in [0.2, 0.25) is 0 Å². The Hall–Kier alpha value is -3.51. The highest BCUT2D eigenvalue weighted by Gasteiger charge is 2.18. The molecule has 0 radical (unpaired) electrons. The lowest BCUT2D eigenvalue weighted by atomic mass is 9.99. The second-order valence-corrected chi connectivity index (χ2v) is 9.31. The van der Waals surface area contributed by atoms with Crippen LogP contribution in [-0.2, 0) is 12.8 Å². The van der Waals surface area contributed by atoms with E-state index in [1.165, 1.54) is 18.0 Å². The van der Waals surface area contributed by atoms with E-state index in [2.05, 4.69) is 60.2 Å². The van der Waals surface area contributed by atoms with Gasteiger partial charge in [0, 0.05) is 16.6 Å². The van der Waals surface area contributed by atoms with Crippen LogP contribution in [0.2, 0.25) is 5.02 Å². The molecular weight excluding hydrogens is 449 g/mol. The molecule has 0 saturated carbocycles. The van der Waals surface area contributed by atoms with Crippen molar-refractivity contribution in [2.24, 2.45) is 0 Å². The van der Waals surface area contributed by atoms with Crippen molar-refractivity contribution in [2.75, 3.05) is 5.73 Å². The molecule has 2 aromatic heterocycles. The molecule has 0 atom stereocenters. The third-order valence-corrected chi connectivity index (χ3v) is 6.26. The van der Waals surface area contributed by atoms with Crippen LogP contribution in [-0.4, -0.2) is 19.7 Å². The molecule has 0 spiro atoms. The van der Waals surface area contributed by atoms with Crippen LogP contribution >= 0.6 is 11.6 Å². The Morgan fingerprint density at radius 2 is 1.71 bits per heavy atom. The minimum absolute atomic E-state index is 0.150. The van der Waals surface area contributed by atoms with E-state index in [-0.39, 0.29) is 11.9 Å². The van der Waals surface area contributed by atoms with Gasteiger partial charge in [-0.15, -0.1) is 0 Å². The summed E-state index contributed by atoms with van der Waals surface area (Å²) < 4.78 is 15.4. The summed E-state index contributed by atoms with van der Waals surface area (Å²) in [5.41, 5.74) is 10.9. The fraction of sp³-hybridized carbons (Fsp3) is 0.222. The summed E-state index contributed by atoms with van der Waals surface area (Å²) in [6, 6.07) is 17.7. The first kappa shape index (κ1) is 22.3. The first-order chi connectivity index (χ1) is 16.4. The summed E-state index contributed by atoms with van der Waals surface area (Å²) in [5, 5.41) is 8.33. The Morgan fingerprint density at radius 1 is 0.941 bits per heavy atom. The second kappa shape index (κ2) is 9.03. The fourth-order valence-electron chi connectivity index (χ4n) is 4.41. The van der Waals surface area contributed by atoms with Crippen LogP contribution in [0.15, 0.2) is 60.9 Å². The first-order valence-corrected chi connectivity index (χ1v) is 11.7. The maximum atomic E-state index is 13.6. The summed E-state index contributed by atoms with van der Waals surface area (Å²) in [6.07, 6.45) is 4.08. The molecule has 0 bridgehead atoms. The van der Waals surface area contributed by atoms with Crippen molar-refractivity contribution in [3.63, 3.8) is 0 Å². The molecule has 34 heavy (non-hydrogen) atoms. The SMILES string of the molecule is CC(C)n1nc(-c2ccc3cc(CCCc4cc(F)cc(Cl)c4)ccc3c2)c2c(N)ncnc21. The Kier molecular flexibility index (Phi) is 5.92. The van der Waals surface area contributed by atoms with Gasteiger partial charge in [-0.3, -0.25) is 0 Å². The molecular formula is C27H25ClFN5. The molecule has 5 nitrogen and oxygen atoms in total. The average Bonchev–Trinajstić information content (AvgIpc) is 3.19. The average molecular weight is 474 g/mol. The molecule has 3 aromatic carbocycles. The molecule has 2 N–H and O–H groups in total. The van der Waals surface area contributed by atoms with E-state index in [0.29, 0.717) is 10.8 Å². The molecule has 0 aliphatic rings. The second-order valence-electron chi connectivity index (χ2n) is 8.87. The van der Waals surface area contributed by atoms with Gasteiger partial charge in [-0.25, -0.2) is 19.0 Å². The number of aryl methyl sites for hydroxylation is 2. The zero-order chi connectivity index (χ0) is 23.8. The molecule has 0 aliphatic carbocycles. The van der Waals surface area contributed by atoms with Gasteiger partial charge in [-0.1, -0.05) is 41.9 Å². The number of fused-ring (bicyclic) bond motifs is 2. The number of halogens is 2. The van der Waals surface area contributed by atoms with Crippen LogP contribution in [0.3, 0.4) is 0 Å². The Balaban J connectivity index is 1.41. The van der Waals surface area contributed by atoms with E-state index in [0.717, 1.165) is 57.9 Å². The first-order valence-electron chi connectivity index (χ1n) is 11.4. The number of rotatable bonds is 6. The molecule has 7 heteroatoms. The molecule has 0 unspecified atom stereocenters. The van der Waals surface area contributed by atoms with Crippen molar-refractivity contribution in [3.05, 3.63) is 82.9 Å². The van der Waals surface area contributed by atoms with Crippen molar-refractivity contribution in [1.82, 2.24) is 19.7 Å². The van der Waals surface area contributed by atoms with E-state index in [1.807, 2.05) is 10.7 Å². The number of nitrogens with zero attached hydrogens (tertiary/aromatic N) is 4. The van der Waals surface area contributed by atoms with Crippen molar-refractivity contribution in [1.29, 1.82) is 0 Å². The predicted octanol–water partition coefficient (Wildman–Crippen LogP) is 6.78. The number of hydrogen-bond donors (Lipinski definition) is 1. The highest BCUT2D eigenvalue weighted by Crippen LogP contribution is 2.33. The minimum Gasteiger partial charge on any atom is -0.383 e. The lowest BCUT2D eigenvalue weighted by Gasteiger charge is -2.07. The van der Waals surface area contributed by atoms with Gasteiger partial charge in [0.1, 0.15) is 23.7 Å². The van der Waals surface area contributed by atoms with Crippen LogP contribution in [0, 0.1) is 5.82 Å². The molecule has 2 heterocycles. The molecule has 0 fully saturated rings. The van der Waals surface area contributed by atoms with E-state index in [1.54, 1.807) is 6.07 Å². The van der Waals surface area contributed by atoms with Gasteiger partial charge >= 0.3 is 0 Å². The van der Waals surface area contributed by atoms with Crippen molar-refractivity contribution in [3.8, 4) is 11.3 Å². The smallest absolute Gasteiger partial charge is 0.164 e. The van der Waals surface area contributed by atoms with Crippen LogP contribution in [0.5, 0.6) is 0 Å². The van der Waals surface area contributed by atoms with E-state index in [4.69, 9.17) is 22.4 Å². The molecule has 0 saturated heterocycles. The van der Waals surface area contributed by atoms with Gasteiger partial charge in [0.05, 0.1) is 5.39 Å². The summed E-state index contributed by atoms with van der Waals surface area (Å²) in [5.74, 6) is 0.144. The zero-order valence-corrected chi connectivity index (χ0v) is 19.9. The highest BCUT2D eigenvalue weighted by molar-refractivity contribution is 6.30. The Bertz CT molecular complexity index is 1490. The number of nitrogen functional groups attached to an aromatic ring is 1. The van der Waals surface area contributed by atoms with Gasteiger partial charge in [-0.05, 0) is 79.3 Å². The lowest BCUT2D eigenvalue weighted by molar-refractivity contribution is 0.548. The third kappa shape index (κ3) is 4.33. The Morgan fingerprint density at radius 3 is 2.50 bits per heavy atom. The third-order valence-electron chi connectivity index (χ3n) is 6.04. The molecule has 0 amide bonds. The Labute approximate surface area is 202 Å². The number of benzene rings is 3. The lowest BCUT2D eigenvalue weighted by Crippen LogP contribution is -2.04. The largest absolute Gasteiger partial charge is 0.383 e. The van der Waals surface area contributed by atoms with Crippen molar-refractivity contribution < 1.29 is 4.39 Å². The topological polar surface area (TPSA) is 69.6 Å². The van der Waals surface area contributed by atoms with Crippen LogP contribution in [0.25, 0.3) is 33.1 Å². The van der Waals surface area contributed by atoms with E-state index < -0.39 is 0 Å². The van der Waals surface area contributed by atoms with Crippen LogP contribution in [0.1, 0.15) is 37.4 Å². The normalized spacial score (nSPS) is 11.7. The summed E-state index contributed by atoms with van der Waals surface area (Å²) in [7, 11) is 0. The summed E-state index contributed by atoms with van der Waals surface area (Å²) in [4.78, 5) is 8.61. The molecule has 5 rings (SSSR count). The number of nitrogens with two attached hydrogens (primary N) is 1. The number of aromatic nitrogens is 4. The standard InChI is InChI=1S/C27H25ClFN5/c1-16(2)34-27-24(26(30)31-15-32-27)25(33-34)21-9-8-19-10-17(6-7-20(19)13-21)4-3-5-18-11-22(28)14-23(29)12-18/h6-16H,3-5H2,1-2H3,(H2,30,31,32). The van der Waals surface area contributed by atoms with Gasteiger partial charge in [0.15, 0.2) is 5.65 Å². The van der Waals surface area contributed by atoms with Gasteiger partial charge in [-0.2, -0.15) is 5.10 Å². The monoisotopic (exact) mass is 473 g/mol. The maximum absolute atomic E-state index is 13.6. The zero-order valence-electron chi connectivity index (χ0n) is 19.1. The van der Waals surface area contributed by atoms with Crippen LogP contribution in [0.4, 0.5) is 10.2 Å². The van der Waals surface area contributed by atoms with Gasteiger partial charge < -0.3 is 5.73 Å².